The molecule has 0 atom stereocenters. The molecule has 0 fully saturated rings. The summed E-state index contributed by atoms with van der Waals surface area (Å²) < 4.78 is 5.85. The Hall–Kier alpha value is -5.12. The van der Waals surface area contributed by atoms with E-state index in [0.29, 0.717) is 12.3 Å². The second-order valence-electron chi connectivity index (χ2n) is 11.7. The molecule has 44 heavy (non-hydrogen) atoms. The molecule has 0 spiro atoms. The molecule has 0 unspecified atom stereocenters. The van der Waals surface area contributed by atoms with E-state index in [9.17, 15) is 5.26 Å². The average Bonchev–Trinajstić information content (AvgIpc) is 3.04. The van der Waals surface area contributed by atoms with Crippen molar-refractivity contribution in [3.8, 4) is 40.1 Å². The van der Waals surface area contributed by atoms with Crippen molar-refractivity contribution in [3.05, 3.63) is 149 Å². The van der Waals surface area contributed by atoms with Crippen LogP contribution in [0.3, 0.4) is 0 Å². The van der Waals surface area contributed by atoms with E-state index < -0.39 is 0 Å². The molecule has 0 saturated carbocycles. The van der Waals surface area contributed by atoms with Crippen LogP contribution in [0.4, 0.5) is 0 Å². The van der Waals surface area contributed by atoms with Gasteiger partial charge >= 0.3 is 0 Å². The Labute approximate surface area is 262 Å². The third-order valence-corrected chi connectivity index (χ3v) is 7.88. The predicted octanol–water partition coefficient (Wildman–Crippen LogP) is 9.76. The molecule has 0 heterocycles. The summed E-state index contributed by atoms with van der Waals surface area (Å²) in [4.78, 5) is 0. The first-order valence-electron chi connectivity index (χ1n) is 15.4. The van der Waals surface area contributed by atoms with E-state index in [2.05, 4.69) is 129 Å². The van der Waals surface area contributed by atoms with E-state index in [1.54, 1.807) is 0 Å². The highest BCUT2D eigenvalue weighted by Crippen LogP contribution is 2.36. The number of ether oxygens (including phenoxy) is 1. The Bertz CT molecular complexity index is 1780. The molecule has 0 radical (unpaired) electrons. The van der Waals surface area contributed by atoms with Crippen molar-refractivity contribution >= 4 is 0 Å². The molecule has 0 saturated heterocycles. The lowest BCUT2D eigenvalue weighted by molar-refractivity contribution is 0.364. The zero-order valence-corrected chi connectivity index (χ0v) is 25.6. The maximum Gasteiger partial charge on any atom is 0.174 e. The van der Waals surface area contributed by atoms with Gasteiger partial charge in [-0.15, -0.1) is 0 Å². The lowest BCUT2D eigenvalue weighted by atomic mass is 9.87. The first kappa shape index (κ1) is 30.3. The molecule has 0 bridgehead atoms. The molecule has 3 heteroatoms. The topological polar surface area (TPSA) is 56.8 Å². The molecular weight excluding hydrogens is 536 g/mol. The van der Waals surface area contributed by atoms with E-state index in [-0.39, 0.29) is 6.61 Å². The van der Waals surface area contributed by atoms with E-state index in [4.69, 9.17) is 10.00 Å². The summed E-state index contributed by atoms with van der Waals surface area (Å²) in [7, 11) is 0. The summed E-state index contributed by atoms with van der Waals surface area (Å²) >= 11 is 0. The molecule has 5 rings (SSSR count). The highest BCUT2D eigenvalue weighted by molar-refractivity contribution is 5.76. The minimum atomic E-state index is 0.0170. The second-order valence-corrected chi connectivity index (χ2v) is 11.7. The van der Waals surface area contributed by atoms with Gasteiger partial charge in [0.2, 0.25) is 0 Å². The highest BCUT2D eigenvalue weighted by Gasteiger charge is 2.15. The summed E-state index contributed by atoms with van der Waals surface area (Å²) in [6.45, 7) is 4.53. The van der Waals surface area contributed by atoms with Gasteiger partial charge in [-0.25, -0.2) is 0 Å². The van der Waals surface area contributed by atoms with Gasteiger partial charge in [-0.05, 0) is 92.9 Å². The van der Waals surface area contributed by atoms with Gasteiger partial charge in [-0.3, -0.25) is 0 Å². The number of rotatable bonds is 12. The van der Waals surface area contributed by atoms with Crippen molar-refractivity contribution < 1.29 is 4.74 Å². The quantitative estimate of drug-likeness (QED) is 0.149. The average molecular weight is 575 g/mol. The molecular formula is C41H38N2O. The zero-order chi connectivity index (χ0) is 30.7. The van der Waals surface area contributed by atoms with Crippen LogP contribution in [0.1, 0.15) is 53.6 Å². The standard InChI is InChI=1S/C41H38N2O/c1-30(2)24-36-26-33(14-9-21-42)15-18-39(36)34-16-19-40(37(28-34)25-31-10-5-3-6-11-31)35-17-20-41(44-23-22-43)38(29-35)27-32-12-7-4-8-13-32/h3-8,10-13,15-20,26,28-30H,9,14,23-25,27H2,1-2H3. The van der Waals surface area contributed by atoms with Crippen LogP contribution in [0.15, 0.2) is 115 Å². The molecule has 0 aliphatic rings. The van der Waals surface area contributed by atoms with Crippen LogP contribution in [0, 0.1) is 28.6 Å². The third kappa shape index (κ3) is 7.83. The minimum Gasteiger partial charge on any atom is -0.478 e. The molecule has 218 valence electrons. The smallest absolute Gasteiger partial charge is 0.174 e. The summed E-state index contributed by atoms with van der Waals surface area (Å²) in [5.41, 5.74) is 12.1. The Morgan fingerprint density at radius 2 is 1.18 bits per heavy atom. The third-order valence-electron chi connectivity index (χ3n) is 7.88. The molecule has 0 aromatic heterocycles. The van der Waals surface area contributed by atoms with Gasteiger partial charge in [0, 0.05) is 12.8 Å². The molecule has 0 aliphatic carbocycles. The first-order chi connectivity index (χ1) is 21.5. The van der Waals surface area contributed by atoms with Gasteiger partial charge in [0.25, 0.3) is 0 Å². The van der Waals surface area contributed by atoms with Crippen LogP contribution in [0.25, 0.3) is 22.3 Å². The van der Waals surface area contributed by atoms with E-state index in [1.807, 2.05) is 12.1 Å². The highest BCUT2D eigenvalue weighted by atomic mass is 16.5. The van der Waals surface area contributed by atoms with Crippen molar-refractivity contribution in [2.45, 2.75) is 46.0 Å². The SMILES string of the molecule is CC(C)Cc1cc(CCC#N)ccc1-c1ccc(-c2ccc(OCC#N)c(Cc3ccccc3)c2)c(Cc2ccccc2)c1. The largest absolute Gasteiger partial charge is 0.478 e. The molecule has 0 amide bonds. The molecule has 0 aliphatic heterocycles. The van der Waals surface area contributed by atoms with E-state index in [0.717, 1.165) is 42.6 Å². The maximum absolute atomic E-state index is 9.17. The van der Waals surface area contributed by atoms with Crippen molar-refractivity contribution in [2.24, 2.45) is 5.92 Å². The van der Waals surface area contributed by atoms with Crippen molar-refractivity contribution in [3.63, 3.8) is 0 Å². The van der Waals surface area contributed by atoms with Gasteiger partial charge in [0.1, 0.15) is 11.8 Å². The number of nitriles is 2. The summed E-state index contributed by atoms with van der Waals surface area (Å²) in [5.74, 6) is 1.27. The van der Waals surface area contributed by atoms with Gasteiger partial charge in [-0.2, -0.15) is 10.5 Å². The van der Waals surface area contributed by atoms with Gasteiger partial charge in [0.15, 0.2) is 6.61 Å². The number of hydrogen-bond donors (Lipinski definition) is 0. The Morgan fingerprint density at radius 1 is 0.591 bits per heavy atom. The lowest BCUT2D eigenvalue weighted by Crippen LogP contribution is -2.01. The number of aryl methyl sites for hydroxylation is 1. The molecule has 5 aromatic carbocycles. The fourth-order valence-corrected chi connectivity index (χ4v) is 5.85. The summed E-state index contributed by atoms with van der Waals surface area (Å²) in [6.07, 6.45) is 3.82. The van der Waals surface area contributed by atoms with Gasteiger partial charge < -0.3 is 4.74 Å². The van der Waals surface area contributed by atoms with Crippen molar-refractivity contribution in [1.82, 2.24) is 0 Å². The molecule has 0 N–H and O–H groups in total. The minimum absolute atomic E-state index is 0.0170. The van der Waals surface area contributed by atoms with Crippen LogP contribution in [-0.4, -0.2) is 6.61 Å². The predicted molar refractivity (Wildman–Crippen MR) is 179 cm³/mol. The lowest BCUT2D eigenvalue weighted by Gasteiger charge is -2.18. The van der Waals surface area contributed by atoms with Crippen molar-refractivity contribution in [1.29, 1.82) is 10.5 Å². The van der Waals surface area contributed by atoms with Gasteiger partial charge in [-0.1, -0.05) is 117 Å². The number of nitrogens with zero attached hydrogens (tertiary/aromatic N) is 2. The van der Waals surface area contributed by atoms with Crippen LogP contribution in [0.5, 0.6) is 5.75 Å². The van der Waals surface area contributed by atoms with Crippen LogP contribution >= 0.6 is 0 Å². The monoisotopic (exact) mass is 574 g/mol. The first-order valence-corrected chi connectivity index (χ1v) is 15.4. The Morgan fingerprint density at radius 3 is 1.82 bits per heavy atom. The second kappa shape index (κ2) is 14.9. The van der Waals surface area contributed by atoms with Crippen LogP contribution in [-0.2, 0) is 25.7 Å². The maximum atomic E-state index is 9.17. The fraction of sp³-hybridized carbons (Fsp3) is 0.220. The summed E-state index contributed by atoms with van der Waals surface area (Å²) in [6, 6.07) is 45.3. The number of benzene rings is 5. The molecule has 3 nitrogen and oxygen atoms in total. The Balaban J connectivity index is 1.60. The van der Waals surface area contributed by atoms with Gasteiger partial charge in [0.05, 0.1) is 6.07 Å². The van der Waals surface area contributed by atoms with Crippen molar-refractivity contribution in [2.75, 3.05) is 6.61 Å². The van der Waals surface area contributed by atoms with Crippen LogP contribution in [0.2, 0.25) is 0 Å². The zero-order valence-electron chi connectivity index (χ0n) is 25.6. The summed E-state index contributed by atoms with van der Waals surface area (Å²) in [5, 5.41) is 18.3. The molecule has 5 aromatic rings. The Kier molecular flexibility index (Phi) is 10.2. The van der Waals surface area contributed by atoms with E-state index >= 15 is 0 Å². The number of hydrogen-bond acceptors (Lipinski definition) is 3. The normalized spacial score (nSPS) is 10.8. The van der Waals surface area contributed by atoms with E-state index in [1.165, 1.54) is 44.5 Å². The van der Waals surface area contributed by atoms with Crippen LogP contribution < -0.4 is 4.74 Å². The fourth-order valence-electron chi connectivity index (χ4n) is 5.85.